The van der Waals surface area contributed by atoms with Gasteiger partial charge in [-0.3, -0.25) is 18.7 Å². The maximum Gasteiger partial charge on any atom is 0.332 e. The van der Waals surface area contributed by atoms with Gasteiger partial charge in [0.05, 0.1) is 5.38 Å². The number of carbonyl (C=O) groups is 1. The number of aromatic nitrogens is 2. The summed E-state index contributed by atoms with van der Waals surface area (Å²) >= 11 is 5.69. The van der Waals surface area contributed by atoms with Gasteiger partial charge in [0.1, 0.15) is 11.4 Å². The van der Waals surface area contributed by atoms with Gasteiger partial charge in [-0.2, -0.15) is 0 Å². The van der Waals surface area contributed by atoms with Crippen LogP contribution in [0.5, 0.6) is 0 Å². The highest BCUT2D eigenvalue weighted by Gasteiger charge is 2.23. The summed E-state index contributed by atoms with van der Waals surface area (Å²) in [5, 5.41) is -0.868. The van der Waals surface area contributed by atoms with E-state index in [1.165, 1.54) is 18.5 Å². The van der Waals surface area contributed by atoms with Gasteiger partial charge < -0.3 is 5.73 Å². The molecular formula is C11H16ClN3O3. The normalized spacial score (nSPS) is 12.4. The molecule has 0 unspecified atom stereocenters. The summed E-state index contributed by atoms with van der Waals surface area (Å²) in [6.07, 6.45) is 0.659. The Hall–Kier alpha value is -1.56. The molecule has 0 aliphatic heterocycles. The van der Waals surface area contributed by atoms with Crippen LogP contribution in [0.3, 0.4) is 0 Å². The molecule has 0 saturated heterocycles. The van der Waals surface area contributed by atoms with Crippen molar-refractivity contribution in [1.82, 2.24) is 9.13 Å². The van der Waals surface area contributed by atoms with Crippen LogP contribution in [0.4, 0.5) is 5.82 Å². The van der Waals surface area contributed by atoms with Crippen LogP contribution in [0.1, 0.15) is 30.6 Å². The average Bonchev–Trinajstić information content (AvgIpc) is 2.32. The summed E-state index contributed by atoms with van der Waals surface area (Å²) in [5.41, 5.74) is 4.30. The fraction of sp³-hybridized carbons (Fsp3) is 0.545. The first-order valence-electron chi connectivity index (χ1n) is 5.60. The molecule has 0 aliphatic rings. The largest absolute Gasteiger partial charge is 0.384 e. The second-order valence-corrected chi connectivity index (χ2v) is 4.69. The lowest BCUT2D eigenvalue weighted by Crippen LogP contribution is -2.43. The first-order valence-corrected chi connectivity index (χ1v) is 6.04. The van der Waals surface area contributed by atoms with Crippen molar-refractivity contribution in [2.75, 3.05) is 5.73 Å². The number of Topliss-reactive ketones (excluding diaryl/α,β-unsaturated/α-hetero) is 1. The van der Waals surface area contributed by atoms with Gasteiger partial charge in [0, 0.05) is 13.6 Å². The fourth-order valence-electron chi connectivity index (χ4n) is 1.65. The van der Waals surface area contributed by atoms with Gasteiger partial charge in [0.15, 0.2) is 5.78 Å². The van der Waals surface area contributed by atoms with Gasteiger partial charge in [-0.15, -0.1) is 11.6 Å². The van der Waals surface area contributed by atoms with Gasteiger partial charge in [-0.25, -0.2) is 4.79 Å². The molecule has 100 valence electrons. The first kappa shape index (κ1) is 14.5. The number of halogens is 1. The molecule has 7 heteroatoms. The summed E-state index contributed by atoms with van der Waals surface area (Å²) in [7, 11) is 1.31. The van der Waals surface area contributed by atoms with Crippen LogP contribution in [0.15, 0.2) is 9.59 Å². The van der Waals surface area contributed by atoms with Crippen molar-refractivity contribution < 1.29 is 4.79 Å². The minimum atomic E-state index is -0.868. The molecule has 1 atom stereocenters. The predicted octanol–water partition coefficient (Wildman–Crippen LogP) is 0.349. The Kier molecular flexibility index (Phi) is 4.34. The third kappa shape index (κ3) is 2.33. The van der Waals surface area contributed by atoms with E-state index in [9.17, 15) is 14.4 Å². The maximum atomic E-state index is 11.9. The number of carbonyl (C=O) groups excluding carboxylic acids is 1. The predicted molar refractivity (Wildman–Crippen MR) is 70.3 cm³/mol. The number of hydrogen-bond acceptors (Lipinski definition) is 4. The highest BCUT2D eigenvalue weighted by Crippen LogP contribution is 2.11. The van der Waals surface area contributed by atoms with E-state index in [0.717, 1.165) is 4.57 Å². The van der Waals surface area contributed by atoms with Crippen molar-refractivity contribution in [1.29, 1.82) is 0 Å². The van der Waals surface area contributed by atoms with Crippen molar-refractivity contribution in [3.63, 3.8) is 0 Å². The summed E-state index contributed by atoms with van der Waals surface area (Å²) in [6.45, 7) is 3.66. The summed E-state index contributed by atoms with van der Waals surface area (Å²) in [6, 6.07) is 0. The quantitative estimate of drug-likeness (QED) is 0.633. The monoisotopic (exact) mass is 273 g/mol. The van der Waals surface area contributed by atoms with Crippen LogP contribution in [-0.2, 0) is 13.6 Å². The van der Waals surface area contributed by atoms with E-state index in [1.807, 2.05) is 6.92 Å². The van der Waals surface area contributed by atoms with Gasteiger partial charge in [-0.1, -0.05) is 6.92 Å². The van der Waals surface area contributed by atoms with Crippen LogP contribution in [0, 0.1) is 0 Å². The third-order valence-corrected chi connectivity index (χ3v) is 2.84. The number of alkyl halides is 1. The van der Waals surface area contributed by atoms with E-state index in [4.69, 9.17) is 17.3 Å². The molecule has 6 nitrogen and oxygen atoms in total. The van der Waals surface area contributed by atoms with E-state index in [1.54, 1.807) is 0 Å². The molecule has 0 bridgehead atoms. The molecule has 1 rings (SSSR count). The topological polar surface area (TPSA) is 87.1 Å². The van der Waals surface area contributed by atoms with Gasteiger partial charge >= 0.3 is 5.69 Å². The summed E-state index contributed by atoms with van der Waals surface area (Å²) in [5.74, 6) is -0.679. The zero-order valence-electron chi connectivity index (χ0n) is 10.6. The van der Waals surface area contributed by atoms with E-state index in [0.29, 0.717) is 13.0 Å². The maximum absolute atomic E-state index is 11.9. The second kappa shape index (κ2) is 5.39. The molecule has 0 saturated carbocycles. The number of nitrogens with zero attached hydrogens (tertiary/aromatic N) is 2. The van der Waals surface area contributed by atoms with Crippen LogP contribution in [0.2, 0.25) is 0 Å². The molecule has 0 fully saturated rings. The van der Waals surface area contributed by atoms with Crippen LogP contribution in [0.25, 0.3) is 0 Å². The number of nitrogen functional groups attached to an aromatic ring is 1. The SMILES string of the molecule is CCCn1c(N)c(C(=O)[C@@H](C)Cl)c(=O)n(C)c1=O. The van der Waals surface area contributed by atoms with Crippen LogP contribution >= 0.6 is 11.6 Å². The Labute approximate surface area is 109 Å². The lowest BCUT2D eigenvalue weighted by Gasteiger charge is -2.14. The molecule has 1 aromatic rings. The lowest BCUT2D eigenvalue weighted by molar-refractivity contribution is 0.0989. The molecule has 0 spiro atoms. The highest BCUT2D eigenvalue weighted by molar-refractivity contribution is 6.34. The Bertz CT molecular complexity index is 586. The number of nitrogens with two attached hydrogens (primary N) is 1. The molecule has 2 N–H and O–H groups in total. The zero-order valence-corrected chi connectivity index (χ0v) is 11.3. The zero-order chi connectivity index (χ0) is 14.0. The Morgan fingerprint density at radius 1 is 1.44 bits per heavy atom. The van der Waals surface area contributed by atoms with E-state index < -0.39 is 22.4 Å². The lowest BCUT2D eigenvalue weighted by atomic mass is 10.1. The van der Waals surface area contributed by atoms with Crippen LogP contribution in [-0.4, -0.2) is 20.3 Å². The van der Waals surface area contributed by atoms with Crippen molar-refractivity contribution >= 4 is 23.2 Å². The molecule has 1 heterocycles. The van der Waals surface area contributed by atoms with Crippen molar-refractivity contribution in [3.05, 3.63) is 26.4 Å². The third-order valence-electron chi connectivity index (χ3n) is 2.64. The Morgan fingerprint density at radius 3 is 2.44 bits per heavy atom. The highest BCUT2D eigenvalue weighted by atomic mass is 35.5. The first-order chi connectivity index (χ1) is 8.32. The van der Waals surface area contributed by atoms with E-state index in [-0.39, 0.29) is 11.4 Å². The van der Waals surface area contributed by atoms with Crippen molar-refractivity contribution in [2.45, 2.75) is 32.2 Å². The molecule has 0 amide bonds. The minimum Gasteiger partial charge on any atom is -0.384 e. The van der Waals surface area contributed by atoms with E-state index in [2.05, 4.69) is 0 Å². The minimum absolute atomic E-state index is 0.109. The smallest absolute Gasteiger partial charge is 0.332 e. The molecule has 0 radical (unpaired) electrons. The standard InChI is InChI=1S/C11H16ClN3O3/c1-4-5-15-9(13)7(8(16)6(2)12)10(17)14(3)11(15)18/h6H,4-5,13H2,1-3H3/t6-/m1/s1. The van der Waals surface area contributed by atoms with E-state index >= 15 is 0 Å². The number of ketones is 1. The molecule has 0 aromatic carbocycles. The molecule has 18 heavy (non-hydrogen) atoms. The van der Waals surface area contributed by atoms with Crippen LogP contribution < -0.4 is 17.0 Å². The number of hydrogen-bond donors (Lipinski definition) is 1. The second-order valence-electron chi connectivity index (χ2n) is 4.04. The molecule has 1 aromatic heterocycles. The van der Waals surface area contributed by atoms with Gasteiger partial charge in [-0.05, 0) is 13.3 Å². The van der Waals surface area contributed by atoms with Crippen molar-refractivity contribution in [2.24, 2.45) is 7.05 Å². The molecule has 0 aliphatic carbocycles. The fourth-order valence-corrected chi connectivity index (χ4v) is 1.76. The molecular weight excluding hydrogens is 258 g/mol. The van der Waals surface area contributed by atoms with Gasteiger partial charge in [0.25, 0.3) is 5.56 Å². The average molecular weight is 274 g/mol. The summed E-state index contributed by atoms with van der Waals surface area (Å²) < 4.78 is 2.09. The Morgan fingerprint density at radius 2 is 2.00 bits per heavy atom. The van der Waals surface area contributed by atoms with Crippen molar-refractivity contribution in [3.8, 4) is 0 Å². The summed E-state index contributed by atoms with van der Waals surface area (Å²) in [4.78, 5) is 35.6. The number of anilines is 1. The number of rotatable bonds is 4. The van der Waals surface area contributed by atoms with Gasteiger partial charge in [0.2, 0.25) is 0 Å². The Balaban J connectivity index is 3.68.